The molecular weight excluding hydrogens is 182 g/mol. The molecule has 1 aromatic heterocycles. The van der Waals surface area contributed by atoms with Gasteiger partial charge in [-0.2, -0.15) is 11.3 Å². The van der Waals surface area contributed by atoms with Crippen molar-refractivity contribution in [2.24, 2.45) is 0 Å². The highest BCUT2D eigenvalue weighted by Crippen LogP contribution is 2.31. The van der Waals surface area contributed by atoms with Gasteiger partial charge in [0.1, 0.15) is 5.60 Å². The zero-order valence-electron chi connectivity index (χ0n) is 7.86. The Morgan fingerprint density at radius 3 is 3.08 bits per heavy atom. The minimum Gasteiger partial charge on any atom is -0.384 e. The number of aliphatic hydroxyl groups is 1. The van der Waals surface area contributed by atoms with Gasteiger partial charge in [-0.05, 0) is 48.8 Å². The second-order valence-corrected chi connectivity index (χ2v) is 4.66. The Morgan fingerprint density at radius 2 is 2.46 bits per heavy atom. The highest BCUT2D eigenvalue weighted by Gasteiger charge is 2.33. The van der Waals surface area contributed by atoms with Crippen LogP contribution >= 0.6 is 11.3 Å². The summed E-state index contributed by atoms with van der Waals surface area (Å²) in [6.45, 7) is 1.87. The van der Waals surface area contributed by atoms with E-state index in [9.17, 15) is 5.11 Å². The molecule has 1 unspecified atom stereocenters. The van der Waals surface area contributed by atoms with Gasteiger partial charge in [-0.3, -0.25) is 0 Å². The number of nitrogens with zero attached hydrogens (tertiary/aromatic N) is 1. The van der Waals surface area contributed by atoms with Crippen molar-refractivity contribution in [1.82, 2.24) is 4.90 Å². The van der Waals surface area contributed by atoms with Gasteiger partial charge >= 0.3 is 0 Å². The lowest BCUT2D eigenvalue weighted by atomic mass is 9.88. The van der Waals surface area contributed by atoms with Crippen LogP contribution in [0.25, 0.3) is 0 Å². The zero-order chi connectivity index (χ0) is 9.31. The average molecular weight is 197 g/mol. The summed E-state index contributed by atoms with van der Waals surface area (Å²) < 4.78 is 0. The first-order valence-corrected chi connectivity index (χ1v) is 5.59. The molecule has 1 N–H and O–H groups in total. The second kappa shape index (κ2) is 3.40. The van der Waals surface area contributed by atoms with Crippen LogP contribution in [-0.4, -0.2) is 30.1 Å². The first kappa shape index (κ1) is 9.19. The fourth-order valence-corrected chi connectivity index (χ4v) is 2.76. The van der Waals surface area contributed by atoms with E-state index in [1.807, 2.05) is 11.4 Å². The first-order chi connectivity index (χ1) is 6.21. The molecule has 1 saturated heterocycles. The lowest BCUT2D eigenvalue weighted by molar-refractivity contribution is -0.0274. The van der Waals surface area contributed by atoms with Crippen molar-refractivity contribution in [3.8, 4) is 0 Å². The molecule has 13 heavy (non-hydrogen) atoms. The Morgan fingerprint density at radius 1 is 1.62 bits per heavy atom. The molecule has 0 radical (unpaired) electrons. The maximum absolute atomic E-state index is 10.4. The summed E-state index contributed by atoms with van der Waals surface area (Å²) in [5.41, 5.74) is 0.497. The molecule has 0 saturated carbocycles. The van der Waals surface area contributed by atoms with Crippen LogP contribution in [0.2, 0.25) is 0 Å². The van der Waals surface area contributed by atoms with Crippen LogP contribution in [0.1, 0.15) is 18.4 Å². The number of hydrogen-bond donors (Lipinski definition) is 1. The lowest BCUT2D eigenvalue weighted by Crippen LogP contribution is -2.43. The number of β-amino-alcohol motifs (C(OH)–C–C–N with tert-alkyl or cyclic N) is 1. The third kappa shape index (κ3) is 1.77. The van der Waals surface area contributed by atoms with Gasteiger partial charge in [0.25, 0.3) is 0 Å². The summed E-state index contributed by atoms with van der Waals surface area (Å²) in [6, 6.07) is 2.03. The topological polar surface area (TPSA) is 23.5 Å². The highest BCUT2D eigenvalue weighted by molar-refractivity contribution is 7.08. The van der Waals surface area contributed by atoms with E-state index in [2.05, 4.69) is 17.3 Å². The maximum atomic E-state index is 10.4. The summed E-state index contributed by atoms with van der Waals surface area (Å²) in [7, 11) is 2.07. The monoisotopic (exact) mass is 197 g/mol. The van der Waals surface area contributed by atoms with Gasteiger partial charge in [0.05, 0.1) is 0 Å². The molecule has 72 valence electrons. The van der Waals surface area contributed by atoms with E-state index in [-0.39, 0.29) is 0 Å². The van der Waals surface area contributed by atoms with Crippen molar-refractivity contribution >= 4 is 11.3 Å². The van der Waals surface area contributed by atoms with Gasteiger partial charge in [0.15, 0.2) is 0 Å². The van der Waals surface area contributed by atoms with Crippen molar-refractivity contribution < 1.29 is 5.11 Å². The van der Waals surface area contributed by atoms with Gasteiger partial charge in [-0.15, -0.1) is 0 Å². The number of thiophene rings is 1. The Kier molecular flexibility index (Phi) is 2.41. The number of piperidine rings is 1. The number of hydrogen-bond acceptors (Lipinski definition) is 3. The van der Waals surface area contributed by atoms with Gasteiger partial charge in [-0.1, -0.05) is 0 Å². The van der Waals surface area contributed by atoms with Crippen LogP contribution in [0, 0.1) is 0 Å². The summed E-state index contributed by atoms with van der Waals surface area (Å²) >= 11 is 1.65. The quantitative estimate of drug-likeness (QED) is 0.740. The molecule has 0 bridgehead atoms. The second-order valence-electron chi connectivity index (χ2n) is 3.88. The average Bonchev–Trinajstić information content (AvgIpc) is 2.55. The van der Waals surface area contributed by atoms with Gasteiger partial charge in [0, 0.05) is 6.54 Å². The van der Waals surface area contributed by atoms with Crippen molar-refractivity contribution in [3.05, 3.63) is 22.4 Å². The SMILES string of the molecule is CN1CCCC(O)(c2ccsc2)C1. The minimum atomic E-state index is -0.590. The molecule has 1 aliphatic rings. The van der Waals surface area contributed by atoms with Crippen LogP contribution in [0.15, 0.2) is 16.8 Å². The van der Waals surface area contributed by atoms with Crippen LogP contribution in [0.4, 0.5) is 0 Å². The number of likely N-dealkylation sites (tertiary alicyclic amines) is 1. The minimum absolute atomic E-state index is 0.590. The Bertz CT molecular complexity index is 272. The molecule has 1 aliphatic heterocycles. The molecule has 0 spiro atoms. The summed E-state index contributed by atoms with van der Waals surface area (Å²) in [6.07, 6.45) is 1.98. The van der Waals surface area contributed by atoms with Gasteiger partial charge in [0.2, 0.25) is 0 Å². The van der Waals surface area contributed by atoms with E-state index in [1.54, 1.807) is 11.3 Å². The van der Waals surface area contributed by atoms with Crippen LogP contribution in [0.5, 0.6) is 0 Å². The highest BCUT2D eigenvalue weighted by atomic mass is 32.1. The smallest absolute Gasteiger partial charge is 0.103 e. The molecule has 1 fully saturated rings. The lowest BCUT2D eigenvalue weighted by Gasteiger charge is -2.37. The molecule has 3 heteroatoms. The van der Waals surface area contributed by atoms with E-state index >= 15 is 0 Å². The van der Waals surface area contributed by atoms with E-state index in [4.69, 9.17) is 0 Å². The first-order valence-electron chi connectivity index (χ1n) is 4.64. The van der Waals surface area contributed by atoms with E-state index in [0.717, 1.165) is 31.5 Å². The summed E-state index contributed by atoms with van der Waals surface area (Å²) in [5, 5.41) is 14.5. The summed E-state index contributed by atoms with van der Waals surface area (Å²) in [5.74, 6) is 0. The van der Waals surface area contributed by atoms with Crippen LogP contribution < -0.4 is 0 Å². The maximum Gasteiger partial charge on any atom is 0.103 e. The number of rotatable bonds is 1. The Hall–Kier alpha value is -0.380. The fraction of sp³-hybridized carbons (Fsp3) is 0.600. The van der Waals surface area contributed by atoms with E-state index in [0.29, 0.717) is 0 Å². The number of likely N-dealkylation sites (N-methyl/N-ethyl adjacent to an activating group) is 1. The third-order valence-corrected chi connectivity index (χ3v) is 3.40. The normalized spacial score (nSPS) is 30.6. The predicted octanol–water partition coefficient (Wildman–Crippen LogP) is 1.66. The van der Waals surface area contributed by atoms with E-state index < -0.39 is 5.60 Å². The molecule has 0 aromatic carbocycles. The van der Waals surface area contributed by atoms with Crippen LogP contribution in [0.3, 0.4) is 0 Å². The molecule has 2 nitrogen and oxygen atoms in total. The zero-order valence-corrected chi connectivity index (χ0v) is 8.68. The molecule has 1 atom stereocenters. The van der Waals surface area contributed by atoms with Crippen molar-refractivity contribution in [3.63, 3.8) is 0 Å². The Labute approximate surface area is 82.8 Å². The third-order valence-electron chi connectivity index (χ3n) is 2.72. The van der Waals surface area contributed by atoms with Gasteiger partial charge in [-0.25, -0.2) is 0 Å². The van der Waals surface area contributed by atoms with Gasteiger partial charge < -0.3 is 10.0 Å². The molecule has 2 heterocycles. The van der Waals surface area contributed by atoms with Crippen molar-refractivity contribution in [1.29, 1.82) is 0 Å². The molecule has 1 aromatic rings. The molecule has 0 amide bonds. The predicted molar refractivity (Wildman–Crippen MR) is 54.9 cm³/mol. The molecule has 0 aliphatic carbocycles. The molecule has 2 rings (SSSR count). The Balaban J connectivity index is 2.20. The van der Waals surface area contributed by atoms with Crippen molar-refractivity contribution in [2.45, 2.75) is 18.4 Å². The van der Waals surface area contributed by atoms with Crippen LogP contribution in [-0.2, 0) is 5.60 Å². The van der Waals surface area contributed by atoms with E-state index in [1.165, 1.54) is 0 Å². The largest absolute Gasteiger partial charge is 0.384 e. The molecular formula is C10H15NOS. The summed E-state index contributed by atoms with van der Waals surface area (Å²) in [4.78, 5) is 2.20. The van der Waals surface area contributed by atoms with Crippen molar-refractivity contribution in [2.75, 3.05) is 20.1 Å². The fourth-order valence-electron chi connectivity index (χ4n) is 2.01. The standard InChI is InChI=1S/C10H15NOS/c1-11-5-2-4-10(12,8-11)9-3-6-13-7-9/h3,6-7,12H,2,4-5,8H2,1H3.